The standard InChI is InChI=1S/C16H25N5O3/c1-12(22)21-10-9-20(11-14(21)16(24)18(2)3)15(23)6-5-13-7-8-17-19(13)4/h7-8,14H,5-6,9-11H2,1-4H3/t14-/m1/s1. The molecule has 1 saturated heterocycles. The average molecular weight is 335 g/mol. The summed E-state index contributed by atoms with van der Waals surface area (Å²) in [6.45, 7) is 2.55. The van der Waals surface area contributed by atoms with Crippen LogP contribution >= 0.6 is 0 Å². The number of amides is 3. The molecule has 0 unspecified atom stereocenters. The smallest absolute Gasteiger partial charge is 0.246 e. The van der Waals surface area contributed by atoms with Crippen LogP contribution in [0.3, 0.4) is 0 Å². The van der Waals surface area contributed by atoms with E-state index in [1.165, 1.54) is 11.8 Å². The van der Waals surface area contributed by atoms with Gasteiger partial charge < -0.3 is 14.7 Å². The highest BCUT2D eigenvalue weighted by Crippen LogP contribution is 2.14. The largest absolute Gasteiger partial charge is 0.347 e. The van der Waals surface area contributed by atoms with Gasteiger partial charge in [0, 0.05) is 59.5 Å². The van der Waals surface area contributed by atoms with Crippen LogP contribution in [-0.4, -0.2) is 82.0 Å². The second-order valence-electron chi connectivity index (χ2n) is 6.25. The van der Waals surface area contributed by atoms with E-state index in [4.69, 9.17) is 0 Å². The zero-order chi connectivity index (χ0) is 17.9. The van der Waals surface area contributed by atoms with E-state index < -0.39 is 6.04 Å². The Labute approximate surface area is 142 Å². The average Bonchev–Trinajstić information content (AvgIpc) is 2.96. The number of hydrogen-bond acceptors (Lipinski definition) is 4. The van der Waals surface area contributed by atoms with Crippen molar-refractivity contribution in [2.24, 2.45) is 7.05 Å². The summed E-state index contributed by atoms with van der Waals surface area (Å²) in [5, 5.41) is 4.09. The van der Waals surface area contributed by atoms with Crippen molar-refractivity contribution in [3.63, 3.8) is 0 Å². The summed E-state index contributed by atoms with van der Waals surface area (Å²) in [5.41, 5.74) is 0.992. The maximum absolute atomic E-state index is 12.5. The number of rotatable bonds is 4. The van der Waals surface area contributed by atoms with Crippen LogP contribution in [0.4, 0.5) is 0 Å². The van der Waals surface area contributed by atoms with Crippen molar-refractivity contribution in [3.8, 4) is 0 Å². The zero-order valence-electron chi connectivity index (χ0n) is 14.7. The molecule has 1 fully saturated rings. The van der Waals surface area contributed by atoms with Crippen LogP contribution in [0, 0.1) is 0 Å². The van der Waals surface area contributed by atoms with E-state index in [2.05, 4.69) is 5.10 Å². The van der Waals surface area contributed by atoms with Gasteiger partial charge in [-0.2, -0.15) is 5.10 Å². The van der Waals surface area contributed by atoms with Gasteiger partial charge in [0.2, 0.25) is 17.7 Å². The Balaban J connectivity index is 2.01. The van der Waals surface area contributed by atoms with Crippen LogP contribution < -0.4 is 0 Å². The quantitative estimate of drug-likeness (QED) is 0.743. The van der Waals surface area contributed by atoms with Crippen molar-refractivity contribution in [1.29, 1.82) is 0 Å². The molecule has 1 aliphatic heterocycles. The first-order chi connectivity index (χ1) is 11.3. The highest BCUT2D eigenvalue weighted by Gasteiger charge is 2.36. The third-order valence-electron chi connectivity index (χ3n) is 4.38. The van der Waals surface area contributed by atoms with Gasteiger partial charge in [-0.25, -0.2) is 0 Å². The van der Waals surface area contributed by atoms with E-state index in [1.54, 1.807) is 34.8 Å². The van der Waals surface area contributed by atoms with Crippen molar-refractivity contribution in [2.75, 3.05) is 33.7 Å². The fraction of sp³-hybridized carbons (Fsp3) is 0.625. The van der Waals surface area contributed by atoms with E-state index in [9.17, 15) is 14.4 Å². The minimum atomic E-state index is -0.605. The molecule has 0 spiro atoms. The fourth-order valence-electron chi connectivity index (χ4n) is 2.94. The lowest BCUT2D eigenvalue weighted by Gasteiger charge is -2.41. The highest BCUT2D eigenvalue weighted by molar-refractivity contribution is 5.88. The van der Waals surface area contributed by atoms with Crippen LogP contribution in [-0.2, 0) is 27.9 Å². The summed E-state index contributed by atoms with van der Waals surface area (Å²) in [4.78, 5) is 41.3. The molecule has 0 bridgehead atoms. The summed E-state index contributed by atoms with van der Waals surface area (Å²) < 4.78 is 1.75. The summed E-state index contributed by atoms with van der Waals surface area (Å²) in [6.07, 6.45) is 2.67. The van der Waals surface area contributed by atoms with Gasteiger partial charge in [0.1, 0.15) is 6.04 Å². The molecule has 3 amide bonds. The number of carbonyl (C=O) groups is 3. The van der Waals surface area contributed by atoms with Gasteiger partial charge in [0.15, 0.2) is 0 Å². The van der Waals surface area contributed by atoms with Crippen molar-refractivity contribution in [1.82, 2.24) is 24.5 Å². The first-order valence-corrected chi connectivity index (χ1v) is 8.04. The molecule has 2 heterocycles. The van der Waals surface area contributed by atoms with Crippen molar-refractivity contribution >= 4 is 17.7 Å². The van der Waals surface area contributed by atoms with Crippen molar-refractivity contribution in [3.05, 3.63) is 18.0 Å². The van der Waals surface area contributed by atoms with Gasteiger partial charge in [0.05, 0.1) is 6.54 Å². The van der Waals surface area contributed by atoms with Crippen molar-refractivity contribution in [2.45, 2.75) is 25.8 Å². The molecule has 1 aliphatic rings. The van der Waals surface area contributed by atoms with Crippen LogP contribution in [0.25, 0.3) is 0 Å². The number of likely N-dealkylation sites (N-methyl/N-ethyl adjacent to an activating group) is 1. The summed E-state index contributed by atoms with van der Waals surface area (Å²) >= 11 is 0. The fourth-order valence-corrected chi connectivity index (χ4v) is 2.94. The predicted molar refractivity (Wildman–Crippen MR) is 88.0 cm³/mol. The van der Waals surface area contributed by atoms with E-state index in [0.29, 0.717) is 25.9 Å². The van der Waals surface area contributed by atoms with Gasteiger partial charge in [-0.05, 0) is 12.5 Å². The molecular weight excluding hydrogens is 310 g/mol. The molecule has 0 N–H and O–H groups in total. The number of carbonyl (C=O) groups excluding carboxylic acids is 3. The van der Waals surface area contributed by atoms with Crippen LogP contribution in [0.15, 0.2) is 12.3 Å². The molecule has 0 aromatic carbocycles. The molecule has 1 aromatic rings. The number of nitrogens with zero attached hydrogens (tertiary/aromatic N) is 5. The molecule has 0 radical (unpaired) electrons. The molecule has 1 atom stereocenters. The molecule has 0 saturated carbocycles. The van der Waals surface area contributed by atoms with Crippen LogP contribution in [0.5, 0.6) is 0 Å². The lowest BCUT2D eigenvalue weighted by molar-refractivity contribution is -0.150. The number of hydrogen-bond donors (Lipinski definition) is 0. The second-order valence-corrected chi connectivity index (χ2v) is 6.25. The van der Waals surface area contributed by atoms with Gasteiger partial charge in [-0.1, -0.05) is 0 Å². The van der Waals surface area contributed by atoms with E-state index in [1.807, 2.05) is 13.1 Å². The Kier molecular flexibility index (Phi) is 5.58. The molecule has 132 valence electrons. The molecule has 0 aliphatic carbocycles. The van der Waals surface area contributed by atoms with E-state index in [0.717, 1.165) is 5.69 Å². The Morgan fingerprint density at radius 1 is 1.29 bits per heavy atom. The van der Waals surface area contributed by atoms with Crippen LogP contribution in [0.1, 0.15) is 19.0 Å². The third kappa shape index (κ3) is 3.93. The van der Waals surface area contributed by atoms with E-state index >= 15 is 0 Å². The van der Waals surface area contributed by atoms with Crippen molar-refractivity contribution < 1.29 is 14.4 Å². The number of aromatic nitrogens is 2. The van der Waals surface area contributed by atoms with Gasteiger partial charge >= 0.3 is 0 Å². The van der Waals surface area contributed by atoms with E-state index in [-0.39, 0.29) is 24.3 Å². The molecule has 1 aromatic heterocycles. The lowest BCUT2D eigenvalue weighted by atomic mass is 10.1. The molecular formula is C16H25N5O3. The molecule has 8 nitrogen and oxygen atoms in total. The first-order valence-electron chi connectivity index (χ1n) is 8.04. The first kappa shape index (κ1) is 18.0. The maximum Gasteiger partial charge on any atom is 0.246 e. The summed E-state index contributed by atoms with van der Waals surface area (Å²) in [5.74, 6) is -0.303. The third-order valence-corrected chi connectivity index (χ3v) is 4.38. The molecule has 24 heavy (non-hydrogen) atoms. The lowest BCUT2D eigenvalue weighted by Crippen LogP contribution is -2.61. The Morgan fingerprint density at radius 2 is 2.00 bits per heavy atom. The van der Waals surface area contributed by atoms with Gasteiger partial charge in [-0.3, -0.25) is 19.1 Å². The normalized spacial score (nSPS) is 17.8. The Hall–Kier alpha value is -2.38. The number of piperazine rings is 1. The predicted octanol–water partition coefficient (Wildman–Crippen LogP) is -0.500. The van der Waals surface area contributed by atoms with Gasteiger partial charge in [-0.15, -0.1) is 0 Å². The number of aryl methyl sites for hydroxylation is 2. The molecule has 2 rings (SSSR count). The molecule has 8 heteroatoms. The van der Waals surface area contributed by atoms with Gasteiger partial charge in [0.25, 0.3) is 0 Å². The monoisotopic (exact) mass is 335 g/mol. The minimum absolute atomic E-state index is 0.00374. The SMILES string of the molecule is CC(=O)N1CCN(C(=O)CCc2ccnn2C)C[C@@H]1C(=O)N(C)C. The summed E-state index contributed by atoms with van der Waals surface area (Å²) in [7, 11) is 5.16. The summed E-state index contributed by atoms with van der Waals surface area (Å²) in [6, 6.07) is 1.28. The Morgan fingerprint density at radius 3 is 2.54 bits per heavy atom. The Bertz CT molecular complexity index is 625. The highest BCUT2D eigenvalue weighted by atomic mass is 16.2. The topological polar surface area (TPSA) is 78.8 Å². The maximum atomic E-state index is 12.5. The zero-order valence-corrected chi connectivity index (χ0v) is 14.7. The van der Waals surface area contributed by atoms with Crippen LogP contribution in [0.2, 0.25) is 0 Å². The minimum Gasteiger partial charge on any atom is -0.347 e. The second kappa shape index (κ2) is 7.46.